The highest BCUT2D eigenvalue weighted by Gasteiger charge is 2.11. The molecule has 2 amide bonds. The van der Waals surface area contributed by atoms with Gasteiger partial charge in [-0.2, -0.15) is 0 Å². The molecule has 0 saturated heterocycles. The molecule has 1 aromatic carbocycles. The molecule has 0 fully saturated rings. The van der Waals surface area contributed by atoms with Crippen LogP contribution in [0.25, 0.3) is 0 Å². The summed E-state index contributed by atoms with van der Waals surface area (Å²) in [7, 11) is 0. The number of hydrogen-bond acceptors (Lipinski definition) is 5. The Kier molecular flexibility index (Phi) is 6.77. The summed E-state index contributed by atoms with van der Waals surface area (Å²) in [6.45, 7) is -0.384. The Labute approximate surface area is 147 Å². The van der Waals surface area contributed by atoms with Gasteiger partial charge in [-0.3, -0.25) is 14.4 Å². The van der Waals surface area contributed by atoms with Crippen LogP contribution in [0, 0.1) is 0 Å². The van der Waals surface area contributed by atoms with Crippen molar-refractivity contribution >= 4 is 40.7 Å². The molecule has 0 aliphatic heterocycles. The van der Waals surface area contributed by atoms with Crippen LogP contribution in [0.15, 0.2) is 41.8 Å². The van der Waals surface area contributed by atoms with Crippen LogP contribution in [0.1, 0.15) is 15.2 Å². The van der Waals surface area contributed by atoms with Gasteiger partial charge in [-0.1, -0.05) is 29.8 Å². The number of ether oxygens (including phenoxy) is 1. The lowest BCUT2D eigenvalue weighted by Crippen LogP contribution is -2.33. The lowest BCUT2D eigenvalue weighted by atomic mass is 10.2. The van der Waals surface area contributed by atoms with Crippen LogP contribution in [-0.2, 0) is 20.9 Å². The van der Waals surface area contributed by atoms with E-state index in [1.807, 2.05) is 0 Å². The van der Waals surface area contributed by atoms with Gasteiger partial charge in [0.15, 0.2) is 6.61 Å². The predicted molar refractivity (Wildman–Crippen MR) is 90.9 cm³/mol. The Bertz CT molecular complexity index is 701. The van der Waals surface area contributed by atoms with Crippen molar-refractivity contribution in [2.75, 3.05) is 13.2 Å². The van der Waals surface area contributed by atoms with Crippen LogP contribution in [-0.4, -0.2) is 30.9 Å². The molecule has 0 aliphatic carbocycles. The molecule has 6 nitrogen and oxygen atoms in total. The van der Waals surface area contributed by atoms with E-state index in [4.69, 9.17) is 16.3 Å². The summed E-state index contributed by atoms with van der Waals surface area (Å²) in [4.78, 5) is 35.3. The van der Waals surface area contributed by atoms with Gasteiger partial charge < -0.3 is 15.4 Å². The summed E-state index contributed by atoms with van der Waals surface area (Å²) in [6, 6.07) is 10.4. The van der Waals surface area contributed by atoms with E-state index in [2.05, 4.69) is 10.6 Å². The van der Waals surface area contributed by atoms with E-state index >= 15 is 0 Å². The zero-order valence-electron chi connectivity index (χ0n) is 12.6. The molecule has 0 atom stereocenters. The van der Waals surface area contributed by atoms with Gasteiger partial charge in [-0.15, -0.1) is 11.3 Å². The Morgan fingerprint density at radius 2 is 1.83 bits per heavy atom. The van der Waals surface area contributed by atoms with Crippen molar-refractivity contribution in [2.45, 2.75) is 6.54 Å². The number of benzene rings is 1. The number of carbonyl (C=O) groups is 3. The van der Waals surface area contributed by atoms with Gasteiger partial charge in [-0.25, -0.2) is 0 Å². The normalized spacial score (nSPS) is 10.0. The summed E-state index contributed by atoms with van der Waals surface area (Å²) < 4.78 is 4.80. The highest BCUT2D eigenvalue weighted by molar-refractivity contribution is 7.12. The van der Waals surface area contributed by atoms with Gasteiger partial charge in [0.25, 0.3) is 11.8 Å². The van der Waals surface area contributed by atoms with Gasteiger partial charge in [0, 0.05) is 11.6 Å². The Morgan fingerprint density at radius 1 is 1.08 bits per heavy atom. The van der Waals surface area contributed by atoms with Crippen molar-refractivity contribution in [2.24, 2.45) is 0 Å². The van der Waals surface area contributed by atoms with Crippen LogP contribution in [0.5, 0.6) is 0 Å². The molecular weight excluding hydrogens is 352 g/mol. The summed E-state index contributed by atoms with van der Waals surface area (Å²) in [6.07, 6.45) is 0. The molecule has 0 aliphatic rings. The molecular formula is C16H15ClN2O4S. The number of rotatable bonds is 7. The molecule has 0 saturated carbocycles. The van der Waals surface area contributed by atoms with Crippen molar-refractivity contribution < 1.29 is 19.1 Å². The Morgan fingerprint density at radius 3 is 2.50 bits per heavy atom. The number of amides is 2. The number of esters is 1. The van der Waals surface area contributed by atoms with Gasteiger partial charge in [-0.05, 0) is 29.1 Å². The Balaban J connectivity index is 1.63. The lowest BCUT2D eigenvalue weighted by molar-refractivity contribution is -0.147. The number of carbonyl (C=O) groups excluding carboxylic acids is 3. The first-order valence-electron chi connectivity index (χ1n) is 7.03. The van der Waals surface area contributed by atoms with Crippen LogP contribution in [0.4, 0.5) is 0 Å². The maximum absolute atomic E-state index is 11.6. The van der Waals surface area contributed by atoms with Gasteiger partial charge >= 0.3 is 5.97 Å². The fourth-order valence-corrected chi connectivity index (χ4v) is 2.46. The molecule has 2 aromatic rings. The molecule has 1 aromatic heterocycles. The quantitative estimate of drug-likeness (QED) is 0.734. The maximum atomic E-state index is 11.6. The molecule has 0 radical (unpaired) electrons. The number of hydrogen-bond donors (Lipinski definition) is 2. The van der Waals surface area contributed by atoms with E-state index < -0.39 is 18.5 Å². The fraction of sp³-hybridized carbons (Fsp3) is 0.188. The first-order chi connectivity index (χ1) is 11.5. The largest absolute Gasteiger partial charge is 0.454 e. The monoisotopic (exact) mass is 366 g/mol. The minimum absolute atomic E-state index is 0.290. The molecule has 0 unspecified atom stereocenters. The Hall–Kier alpha value is -2.38. The second kappa shape index (κ2) is 9.05. The first-order valence-corrected chi connectivity index (χ1v) is 8.29. The lowest BCUT2D eigenvalue weighted by Gasteiger charge is -2.07. The number of nitrogens with one attached hydrogen (secondary N) is 2. The van der Waals surface area contributed by atoms with E-state index in [-0.39, 0.29) is 12.5 Å². The summed E-state index contributed by atoms with van der Waals surface area (Å²) in [5.74, 6) is -1.46. The van der Waals surface area contributed by atoms with E-state index in [0.29, 0.717) is 16.4 Å². The standard InChI is InChI=1S/C16H15ClN2O4S/c17-12-5-3-11(4-6-12)8-18-14(20)10-23-15(21)9-19-16(22)13-2-1-7-24-13/h1-7H,8-10H2,(H,18,20)(H,19,22). The second-order valence-electron chi connectivity index (χ2n) is 4.72. The minimum Gasteiger partial charge on any atom is -0.454 e. The highest BCUT2D eigenvalue weighted by Crippen LogP contribution is 2.09. The van der Waals surface area contributed by atoms with Crippen LogP contribution < -0.4 is 10.6 Å². The topological polar surface area (TPSA) is 84.5 Å². The summed E-state index contributed by atoms with van der Waals surface area (Å²) in [5, 5.41) is 7.42. The number of halogens is 1. The van der Waals surface area contributed by atoms with Crippen molar-refractivity contribution in [3.63, 3.8) is 0 Å². The second-order valence-corrected chi connectivity index (χ2v) is 6.11. The van der Waals surface area contributed by atoms with Crippen molar-refractivity contribution in [3.05, 3.63) is 57.2 Å². The zero-order valence-corrected chi connectivity index (χ0v) is 14.2. The molecule has 0 spiro atoms. The molecule has 0 bridgehead atoms. The molecule has 2 rings (SSSR count). The van der Waals surface area contributed by atoms with Gasteiger partial charge in [0.2, 0.25) is 0 Å². The minimum atomic E-state index is -0.679. The van der Waals surface area contributed by atoms with Crippen molar-refractivity contribution in [3.8, 4) is 0 Å². The molecule has 1 heterocycles. The van der Waals surface area contributed by atoms with Crippen LogP contribution in [0.2, 0.25) is 5.02 Å². The van der Waals surface area contributed by atoms with E-state index in [1.165, 1.54) is 11.3 Å². The first kappa shape index (κ1) is 18.0. The zero-order chi connectivity index (χ0) is 17.4. The fourth-order valence-electron chi connectivity index (χ4n) is 1.70. The molecule has 8 heteroatoms. The van der Waals surface area contributed by atoms with Crippen molar-refractivity contribution in [1.29, 1.82) is 0 Å². The van der Waals surface area contributed by atoms with Crippen LogP contribution >= 0.6 is 22.9 Å². The SMILES string of the molecule is O=C(COC(=O)CNC(=O)c1cccs1)NCc1ccc(Cl)cc1. The van der Waals surface area contributed by atoms with Gasteiger partial charge in [0.1, 0.15) is 6.54 Å². The van der Waals surface area contributed by atoms with E-state index in [1.54, 1.807) is 41.8 Å². The predicted octanol–water partition coefficient (Wildman–Crippen LogP) is 1.99. The number of thiophene rings is 1. The third kappa shape index (κ3) is 6.02. The van der Waals surface area contributed by atoms with Crippen molar-refractivity contribution in [1.82, 2.24) is 10.6 Å². The molecule has 24 heavy (non-hydrogen) atoms. The third-order valence-electron chi connectivity index (χ3n) is 2.91. The average Bonchev–Trinajstić information content (AvgIpc) is 3.12. The van der Waals surface area contributed by atoms with Crippen LogP contribution in [0.3, 0.4) is 0 Å². The molecule has 2 N–H and O–H groups in total. The summed E-state index contributed by atoms with van der Waals surface area (Å²) >= 11 is 7.04. The highest BCUT2D eigenvalue weighted by atomic mass is 35.5. The van der Waals surface area contributed by atoms with E-state index in [9.17, 15) is 14.4 Å². The van der Waals surface area contributed by atoms with E-state index in [0.717, 1.165) is 5.56 Å². The smallest absolute Gasteiger partial charge is 0.325 e. The maximum Gasteiger partial charge on any atom is 0.325 e. The van der Waals surface area contributed by atoms with Gasteiger partial charge in [0.05, 0.1) is 4.88 Å². The summed E-state index contributed by atoms with van der Waals surface area (Å²) in [5.41, 5.74) is 0.877. The molecule has 126 valence electrons. The average molecular weight is 367 g/mol. The third-order valence-corrected chi connectivity index (χ3v) is 4.03.